The lowest BCUT2D eigenvalue weighted by molar-refractivity contribution is 0.0451. The Kier molecular flexibility index (Phi) is 3.78. The van der Waals surface area contributed by atoms with E-state index >= 15 is 4.39 Å². The average Bonchev–Trinajstić information content (AvgIpc) is 3.12. The molecule has 0 bridgehead atoms. The first-order valence-corrected chi connectivity index (χ1v) is 8.22. The van der Waals surface area contributed by atoms with Gasteiger partial charge in [0.1, 0.15) is 5.52 Å². The Hall–Kier alpha value is -3.45. The fraction of sp³-hybridized carbons (Fsp3) is 0.263. The van der Waals surface area contributed by atoms with Crippen LogP contribution in [0.5, 0.6) is 0 Å². The van der Waals surface area contributed by atoms with Gasteiger partial charge in [-0.25, -0.2) is 9.37 Å². The fourth-order valence-corrected chi connectivity index (χ4v) is 3.21. The third kappa shape index (κ3) is 2.74. The van der Waals surface area contributed by atoms with E-state index in [1.54, 1.807) is 36.5 Å². The molecule has 0 radical (unpaired) electrons. The molecule has 1 aliphatic rings. The van der Waals surface area contributed by atoms with E-state index in [1.807, 2.05) is 6.19 Å². The first-order chi connectivity index (χ1) is 12.6. The Labute approximate surface area is 149 Å². The number of nitriles is 2. The van der Waals surface area contributed by atoms with Crippen molar-refractivity contribution in [1.29, 1.82) is 10.5 Å². The highest BCUT2D eigenvalue weighted by molar-refractivity contribution is 5.79. The lowest BCUT2D eigenvalue weighted by atomic mass is 9.95. The highest BCUT2D eigenvalue weighted by Crippen LogP contribution is 2.37. The Morgan fingerprint density at radius 3 is 2.92 bits per heavy atom. The molecule has 0 N–H and O–H groups in total. The van der Waals surface area contributed by atoms with Crippen molar-refractivity contribution in [3.05, 3.63) is 48.0 Å². The standard InChI is InChI=1S/C19H14FN5O/c20-19(5-1-7-25(11-19)12-22)18-24-16-9-14(2-3-17(16)26-18)15-8-13(10-21)4-6-23-15/h2-4,6,8-9H,1,5,7,11H2. The lowest BCUT2D eigenvalue weighted by Crippen LogP contribution is -2.41. The summed E-state index contributed by atoms with van der Waals surface area (Å²) >= 11 is 0. The number of pyridine rings is 1. The summed E-state index contributed by atoms with van der Waals surface area (Å²) in [5.41, 5.74) is 1.14. The van der Waals surface area contributed by atoms with Gasteiger partial charge < -0.3 is 9.32 Å². The largest absolute Gasteiger partial charge is 0.437 e. The number of fused-ring (bicyclic) bond motifs is 1. The second kappa shape index (κ2) is 6.12. The quantitative estimate of drug-likeness (QED) is 0.659. The Morgan fingerprint density at radius 1 is 1.23 bits per heavy atom. The van der Waals surface area contributed by atoms with Crippen molar-refractivity contribution in [1.82, 2.24) is 14.9 Å². The van der Waals surface area contributed by atoms with Crippen molar-refractivity contribution in [2.75, 3.05) is 13.1 Å². The molecule has 26 heavy (non-hydrogen) atoms. The topological polar surface area (TPSA) is 89.7 Å². The molecule has 1 atom stereocenters. The minimum Gasteiger partial charge on any atom is -0.437 e. The number of hydrogen-bond acceptors (Lipinski definition) is 6. The van der Waals surface area contributed by atoms with Gasteiger partial charge in [0.2, 0.25) is 11.6 Å². The SMILES string of the molecule is N#Cc1ccnc(-c2ccc3oc(C4(F)CCCN(C#N)C4)nc3c2)c1. The number of aromatic nitrogens is 2. The molecule has 0 aliphatic carbocycles. The van der Waals surface area contributed by atoms with Crippen molar-refractivity contribution < 1.29 is 8.81 Å². The second-order valence-corrected chi connectivity index (χ2v) is 6.33. The highest BCUT2D eigenvalue weighted by Gasteiger charge is 2.41. The van der Waals surface area contributed by atoms with Crippen LogP contribution in [0.2, 0.25) is 0 Å². The zero-order chi connectivity index (χ0) is 18.1. The van der Waals surface area contributed by atoms with Gasteiger partial charge in [-0.05, 0) is 43.2 Å². The van der Waals surface area contributed by atoms with E-state index < -0.39 is 5.67 Å². The Morgan fingerprint density at radius 2 is 2.12 bits per heavy atom. The molecule has 4 rings (SSSR count). The van der Waals surface area contributed by atoms with Crippen molar-refractivity contribution in [2.24, 2.45) is 0 Å². The predicted octanol–water partition coefficient (Wildman–Crippen LogP) is 3.50. The monoisotopic (exact) mass is 347 g/mol. The van der Waals surface area contributed by atoms with Gasteiger partial charge in [-0.3, -0.25) is 4.98 Å². The number of oxazole rings is 1. The molecule has 1 saturated heterocycles. The third-order valence-electron chi connectivity index (χ3n) is 4.54. The van der Waals surface area contributed by atoms with Gasteiger partial charge in [-0.2, -0.15) is 10.5 Å². The molecule has 1 fully saturated rings. The predicted molar refractivity (Wildman–Crippen MR) is 91.2 cm³/mol. The lowest BCUT2D eigenvalue weighted by Gasteiger charge is -2.31. The van der Waals surface area contributed by atoms with Gasteiger partial charge in [0.15, 0.2) is 11.8 Å². The van der Waals surface area contributed by atoms with Crippen LogP contribution in [0.1, 0.15) is 24.3 Å². The van der Waals surface area contributed by atoms with E-state index in [4.69, 9.17) is 14.9 Å². The van der Waals surface area contributed by atoms with Gasteiger partial charge in [0.25, 0.3) is 0 Å². The van der Waals surface area contributed by atoms with E-state index in [0.29, 0.717) is 35.3 Å². The van der Waals surface area contributed by atoms with Crippen LogP contribution in [-0.2, 0) is 5.67 Å². The maximum Gasteiger partial charge on any atom is 0.235 e. The maximum atomic E-state index is 15.3. The van der Waals surface area contributed by atoms with Crippen molar-refractivity contribution in [2.45, 2.75) is 18.5 Å². The zero-order valence-electron chi connectivity index (χ0n) is 13.8. The number of rotatable bonds is 2. The Bertz CT molecular complexity index is 1060. The summed E-state index contributed by atoms with van der Waals surface area (Å²) < 4.78 is 20.9. The summed E-state index contributed by atoms with van der Waals surface area (Å²) in [6.45, 7) is 0.502. The first kappa shape index (κ1) is 16.0. The number of halogens is 1. The fourth-order valence-electron chi connectivity index (χ4n) is 3.21. The van der Waals surface area contributed by atoms with E-state index in [-0.39, 0.29) is 18.9 Å². The summed E-state index contributed by atoms with van der Waals surface area (Å²) in [7, 11) is 0. The van der Waals surface area contributed by atoms with Gasteiger partial charge in [0.05, 0.1) is 23.9 Å². The summed E-state index contributed by atoms with van der Waals surface area (Å²) in [6.07, 6.45) is 4.41. The first-order valence-electron chi connectivity index (χ1n) is 8.22. The van der Waals surface area contributed by atoms with Crippen LogP contribution in [0, 0.1) is 22.8 Å². The van der Waals surface area contributed by atoms with Crippen LogP contribution < -0.4 is 0 Å². The molecule has 1 aliphatic heterocycles. The number of likely N-dealkylation sites (tertiary alicyclic amines) is 1. The van der Waals surface area contributed by atoms with Crippen LogP contribution in [0.3, 0.4) is 0 Å². The molecule has 1 unspecified atom stereocenters. The number of nitrogens with zero attached hydrogens (tertiary/aromatic N) is 5. The summed E-state index contributed by atoms with van der Waals surface area (Å²) in [5.74, 6) is 0.00309. The summed E-state index contributed by atoms with van der Waals surface area (Å²) in [6, 6.07) is 10.7. The van der Waals surface area contributed by atoms with Crippen molar-refractivity contribution in [3.8, 4) is 23.5 Å². The van der Waals surface area contributed by atoms with E-state index in [9.17, 15) is 0 Å². The highest BCUT2D eigenvalue weighted by atomic mass is 19.1. The summed E-state index contributed by atoms with van der Waals surface area (Å²) in [5, 5.41) is 18.1. The summed E-state index contributed by atoms with van der Waals surface area (Å²) in [4.78, 5) is 9.99. The van der Waals surface area contributed by atoms with Crippen LogP contribution in [0.4, 0.5) is 4.39 Å². The molecule has 0 saturated carbocycles. The van der Waals surface area contributed by atoms with Gasteiger partial charge in [-0.1, -0.05) is 0 Å². The van der Waals surface area contributed by atoms with Crippen LogP contribution in [0.15, 0.2) is 40.9 Å². The smallest absolute Gasteiger partial charge is 0.235 e. The maximum absolute atomic E-state index is 15.3. The molecule has 2 aromatic heterocycles. The molecule has 6 nitrogen and oxygen atoms in total. The molecule has 7 heteroatoms. The van der Waals surface area contributed by atoms with Gasteiger partial charge >= 0.3 is 0 Å². The van der Waals surface area contributed by atoms with Gasteiger partial charge in [0, 0.05) is 18.3 Å². The normalized spacial score (nSPS) is 19.9. The molecule has 128 valence electrons. The second-order valence-electron chi connectivity index (χ2n) is 6.33. The van der Waals surface area contributed by atoms with E-state index in [1.165, 1.54) is 4.90 Å². The molecule has 0 amide bonds. The van der Waals surface area contributed by atoms with Crippen LogP contribution in [-0.4, -0.2) is 28.0 Å². The van der Waals surface area contributed by atoms with Crippen LogP contribution in [0.25, 0.3) is 22.4 Å². The number of alkyl halides is 1. The molecule has 1 aromatic carbocycles. The van der Waals surface area contributed by atoms with E-state index in [0.717, 1.165) is 5.56 Å². The zero-order valence-corrected chi connectivity index (χ0v) is 13.8. The third-order valence-corrected chi connectivity index (χ3v) is 4.54. The molecular formula is C19H14FN5O. The number of piperidine rings is 1. The Balaban J connectivity index is 1.72. The molecule has 3 aromatic rings. The minimum absolute atomic E-state index is 0.00309. The molecular weight excluding hydrogens is 333 g/mol. The number of hydrogen-bond donors (Lipinski definition) is 0. The van der Waals surface area contributed by atoms with Gasteiger partial charge in [-0.15, -0.1) is 0 Å². The molecule has 3 heterocycles. The molecule has 0 spiro atoms. The van der Waals surface area contributed by atoms with E-state index in [2.05, 4.69) is 16.0 Å². The van der Waals surface area contributed by atoms with Crippen molar-refractivity contribution >= 4 is 11.1 Å². The van der Waals surface area contributed by atoms with Crippen LogP contribution >= 0.6 is 0 Å². The minimum atomic E-state index is -1.77. The average molecular weight is 347 g/mol. The van der Waals surface area contributed by atoms with Crippen molar-refractivity contribution in [3.63, 3.8) is 0 Å². The number of benzene rings is 1.